The van der Waals surface area contributed by atoms with Crippen LogP contribution in [0.15, 0.2) is 11.6 Å². The van der Waals surface area contributed by atoms with E-state index >= 15 is 0 Å². The summed E-state index contributed by atoms with van der Waals surface area (Å²) in [6, 6.07) is 1.99. The van der Waals surface area contributed by atoms with E-state index in [1.807, 2.05) is 12.1 Å². The van der Waals surface area contributed by atoms with E-state index in [4.69, 9.17) is 10.00 Å². The van der Waals surface area contributed by atoms with Crippen LogP contribution in [-0.4, -0.2) is 12.6 Å². The first kappa shape index (κ1) is 13.1. The highest BCUT2D eigenvalue weighted by atomic mass is 16.5. The average Bonchev–Trinajstić information content (AvgIpc) is 2.36. The van der Waals surface area contributed by atoms with E-state index in [2.05, 4.69) is 13.8 Å². The Kier molecular flexibility index (Phi) is 3.47. The highest BCUT2D eigenvalue weighted by Gasteiger charge is 2.53. The lowest BCUT2D eigenvalue weighted by atomic mass is 9.45. The topological polar surface area (TPSA) is 50.1 Å². The number of fused-ring (bicyclic) bond motifs is 2. The minimum Gasteiger partial charge on any atom is -0.462 e. The van der Waals surface area contributed by atoms with Crippen LogP contribution in [0.3, 0.4) is 0 Å². The molecule has 3 atom stereocenters. The molecule has 3 nitrogen and oxygen atoms in total. The van der Waals surface area contributed by atoms with Crippen molar-refractivity contribution in [1.82, 2.24) is 0 Å². The van der Waals surface area contributed by atoms with Crippen molar-refractivity contribution >= 4 is 5.97 Å². The first-order chi connectivity index (χ1) is 8.50. The second-order valence-electron chi connectivity index (χ2n) is 6.01. The second-order valence-corrected chi connectivity index (χ2v) is 6.01. The summed E-state index contributed by atoms with van der Waals surface area (Å²) in [5.74, 6) is 1.35. The molecule has 3 fully saturated rings. The number of carbonyl (C=O) groups excluding carboxylic acids is 1. The van der Waals surface area contributed by atoms with Crippen LogP contribution < -0.4 is 0 Å². The van der Waals surface area contributed by atoms with Crippen molar-refractivity contribution in [3.8, 4) is 6.07 Å². The van der Waals surface area contributed by atoms with Crippen molar-refractivity contribution in [1.29, 1.82) is 5.26 Å². The molecule has 0 aromatic heterocycles. The quantitative estimate of drug-likeness (QED) is 0.437. The Bertz CT molecular complexity index is 415. The molecule has 0 aromatic carbocycles. The third kappa shape index (κ3) is 2.05. The predicted octanol–water partition coefficient (Wildman–Crippen LogP) is 3.07. The van der Waals surface area contributed by atoms with Crippen LogP contribution in [0.5, 0.6) is 0 Å². The number of ether oxygens (including phenoxy) is 1. The molecular weight excluding hydrogens is 226 g/mol. The predicted molar refractivity (Wildman–Crippen MR) is 68.4 cm³/mol. The summed E-state index contributed by atoms with van der Waals surface area (Å²) in [6.07, 6.45) is 5.42. The Morgan fingerprint density at radius 3 is 2.72 bits per heavy atom. The molecule has 0 N–H and O–H groups in total. The summed E-state index contributed by atoms with van der Waals surface area (Å²) < 4.78 is 4.91. The van der Waals surface area contributed by atoms with Gasteiger partial charge in [0.2, 0.25) is 0 Å². The largest absolute Gasteiger partial charge is 0.462 e. The van der Waals surface area contributed by atoms with E-state index in [9.17, 15) is 4.79 Å². The zero-order valence-corrected chi connectivity index (χ0v) is 11.4. The number of hydrogen-bond donors (Lipinski definition) is 0. The number of allylic oxidation sites excluding steroid dienone is 1. The fourth-order valence-corrected chi connectivity index (χ4v) is 3.64. The Labute approximate surface area is 109 Å². The van der Waals surface area contributed by atoms with Crippen molar-refractivity contribution in [3.63, 3.8) is 0 Å². The lowest BCUT2D eigenvalue weighted by Crippen LogP contribution is -2.51. The van der Waals surface area contributed by atoms with Gasteiger partial charge in [-0.3, -0.25) is 0 Å². The van der Waals surface area contributed by atoms with Gasteiger partial charge in [0.15, 0.2) is 0 Å². The van der Waals surface area contributed by atoms with Gasteiger partial charge in [0.05, 0.1) is 6.61 Å². The summed E-state index contributed by atoms with van der Waals surface area (Å²) in [5, 5.41) is 9.06. The maximum atomic E-state index is 11.6. The molecule has 0 heterocycles. The minimum absolute atomic E-state index is 0.183. The van der Waals surface area contributed by atoms with Gasteiger partial charge in [-0.1, -0.05) is 19.9 Å². The van der Waals surface area contributed by atoms with E-state index in [-0.39, 0.29) is 5.57 Å². The monoisotopic (exact) mass is 247 g/mol. The molecule has 3 aliphatic carbocycles. The van der Waals surface area contributed by atoms with Gasteiger partial charge < -0.3 is 4.74 Å². The summed E-state index contributed by atoms with van der Waals surface area (Å²) in [4.78, 5) is 11.6. The van der Waals surface area contributed by atoms with Crippen LogP contribution in [0.4, 0.5) is 0 Å². The van der Waals surface area contributed by atoms with Crippen LogP contribution in [0.2, 0.25) is 0 Å². The summed E-state index contributed by atoms with van der Waals surface area (Å²) >= 11 is 0. The highest BCUT2D eigenvalue weighted by molar-refractivity contribution is 5.92. The van der Waals surface area contributed by atoms with Gasteiger partial charge in [-0.25, -0.2) is 4.79 Å². The zero-order chi connectivity index (χ0) is 13.3. The fraction of sp³-hybridized carbons (Fsp3) is 0.733. The molecular formula is C15H21NO2. The lowest BCUT2D eigenvalue weighted by molar-refractivity contribution is -0.138. The molecule has 3 aliphatic rings. The van der Waals surface area contributed by atoms with E-state index in [0.717, 1.165) is 12.3 Å². The molecule has 3 unspecified atom stereocenters. The summed E-state index contributed by atoms with van der Waals surface area (Å²) in [6.45, 7) is 6.69. The maximum absolute atomic E-state index is 11.6. The van der Waals surface area contributed by atoms with Crippen molar-refractivity contribution in [3.05, 3.63) is 11.6 Å². The molecule has 0 saturated heterocycles. The molecule has 98 valence electrons. The highest BCUT2D eigenvalue weighted by Crippen LogP contribution is 2.61. The van der Waals surface area contributed by atoms with Crippen LogP contribution in [-0.2, 0) is 9.53 Å². The Morgan fingerprint density at radius 2 is 2.22 bits per heavy atom. The van der Waals surface area contributed by atoms with Gasteiger partial charge >= 0.3 is 5.97 Å². The van der Waals surface area contributed by atoms with Crippen LogP contribution >= 0.6 is 0 Å². The minimum atomic E-state index is -0.473. The molecule has 0 aliphatic heterocycles. The van der Waals surface area contributed by atoms with Crippen molar-refractivity contribution in [2.45, 2.75) is 40.0 Å². The van der Waals surface area contributed by atoms with Crippen molar-refractivity contribution < 1.29 is 9.53 Å². The van der Waals surface area contributed by atoms with Gasteiger partial charge in [-0.2, -0.15) is 5.26 Å². The first-order valence-corrected chi connectivity index (χ1v) is 6.79. The lowest BCUT2D eigenvalue weighted by Gasteiger charge is -2.59. The van der Waals surface area contributed by atoms with Crippen molar-refractivity contribution in [2.24, 2.45) is 23.2 Å². The molecule has 3 heteroatoms. The van der Waals surface area contributed by atoms with Gasteiger partial charge in [0, 0.05) is 0 Å². The SMILES string of the molecule is CCOC(=O)/C(C#N)=C/C1CCC2CC1C2(C)C. The van der Waals surface area contributed by atoms with Gasteiger partial charge in [0.25, 0.3) is 0 Å². The Hall–Kier alpha value is -1.30. The normalized spacial score (nSPS) is 33.2. The van der Waals surface area contributed by atoms with E-state index in [1.165, 1.54) is 12.8 Å². The molecule has 0 amide bonds. The number of esters is 1. The number of rotatable bonds is 3. The molecule has 0 aromatic rings. The Morgan fingerprint density at radius 1 is 1.50 bits per heavy atom. The number of carbonyl (C=O) groups is 1. The third-order valence-electron chi connectivity index (χ3n) is 4.91. The standard InChI is InChI=1S/C15H21NO2/c1-4-18-14(17)11(9-16)7-10-5-6-12-8-13(10)15(12,2)3/h7,10,12-13H,4-6,8H2,1-3H3/b11-7+. The van der Waals surface area contributed by atoms with E-state index in [0.29, 0.717) is 23.9 Å². The summed E-state index contributed by atoms with van der Waals surface area (Å²) in [5.41, 5.74) is 0.553. The first-order valence-electron chi connectivity index (χ1n) is 6.79. The summed E-state index contributed by atoms with van der Waals surface area (Å²) in [7, 11) is 0. The molecule has 2 bridgehead atoms. The van der Waals surface area contributed by atoms with Gasteiger partial charge in [-0.15, -0.1) is 0 Å². The second kappa shape index (κ2) is 4.76. The van der Waals surface area contributed by atoms with E-state index in [1.54, 1.807) is 6.92 Å². The van der Waals surface area contributed by atoms with Crippen LogP contribution in [0, 0.1) is 34.5 Å². The molecule has 0 radical (unpaired) electrons. The average molecular weight is 247 g/mol. The van der Waals surface area contributed by atoms with Crippen LogP contribution in [0.25, 0.3) is 0 Å². The van der Waals surface area contributed by atoms with Crippen LogP contribution in [0.1, 0.15) is 40.0 Å². The molecule has 0 spiro atoms. The smallest absolute Gasteiger partial charge is 0.348 e. The van der Waals surface area contributed by atoms with Gasteiger partial charge in [-0.05, 0) is 49.4 Å². The number of hydrogen-bond acceptors (Lipinski definition) is 3. The third-order valence-corrected chi connectivity index (χ3v) is 4.91. The zero-order valence-electron chi connectivity index (χ0n) is 11.4. The van der Waals surface area contributed by atoms with E-state index < -0.39 is 5.97 Å². The number of nitrogens with zero attached hydrogens (tertiary/aromatic N) is 1. The van der Waals surface area contributed by atoms with Crippen molar-refractivity contribution in [2.75, 3.05) is 6.61 Å². The molecule has 3 rings (SSSR count). The molecule has 18 heavy (non-hydrogen) atoms. The maximum Gasteiger partial charge on any atom is 0.348 e. The molecule has 3 saturated carbocycles. The fourth-order valence-electron chi connectivity index (χ4n) is 3.64. The Balaban J connectivity index is 2.12. The van der Waals surface area contributed by atoms with Gasteiger partial charge in [0.1, 0.15) is 11.6 Å². The number of nitriles is 1.